The van der Waals surface area contributed by atoms with E-state index >= 15 is 0 Å². The zero-order valence-corrected chi connectivity index (χ0v) is 15.2. The molecule has 2 aliphatic rings. The van der Waals surface area contributed by atoms with Gasteiger partial charge in [-0.1, -0.05) is 12.1 Å². The van der Waals surface area contributed by atoms with Crippen molar-refractivity contribution in [3.05, 3.63) is 53.6 Å². The number of rotatable bonds is 2. The van der Waals surface area contributed by atoms with Crippen LogP contribution in [0.25, 0.3) is 11.1 Å². The highest BCUT2D eigenvalue weighted by Crippen LogP contribution is 2.39. The van der Waals surface area contributed by atoms with Gasteiger partial charge in [0.2, 0.25) is 5.91 Å². The lowest BCUT2D eigenvalue weighted by Crippen LogP contribution is -2.47. The monoisotopic (exact) mass is 393 g/mol. The van der Waals surface area contributed by atoms with Crippen molar-refractivity contribution in [3.8, 4) is 11.1 Å². The lowest BCUT2D eigenvalue weighted by Gasteiger charge is -2.23. The lowest BCUT2D eigenvalue weighted by molar-refractivity contribution is -0.137. The molecule has 1 spiro atoms. The zero-order valence-electron chi connectivity index (χ0n) is 15.2. The van der Waals surface area contributed by atoms with Gasteiger partial charge in [0, 0.05) is 19.2 Å². The Labute approximate surface area is 159 Å². The number of alkyl halides is 3. The van der Waals surface area contributed by atoms with Crippen molar-refractivity contribution in [3.63, 3.8) is 0 Å². The lowest BCUT2D eigenvalue weighted by atomic mass is 9.96. The van der Waals surface area contributed by atoms with Crippen LogP contribution < -0.4 is 5.32 Å². The number of amides is 1. The summed E-state index contributed by atoms with van der Waals surface area (Å²) in [7, 11) is 1.77. The Hall–Kier alpha value is -2.48. The molecule has 28 heavy (non-hydrogen) atoms. The maximum absolute atomic E-state index is 14.3. The van der Waals surface area contributed by atoms with Crippen molar-refractivity contribution < 1.29 is 22.4 Å². The van der Waals surface area contributed by atoms with Gasteiger partial charge >= 0.3 is 6.18 Å². The molecule has 0 radical (unpaired) electrons. The number of hydrogen-bond donors (Lipinski definition) is 1. The molecule has 2 aromatic rings. The fourth-order valence-corrected chi connectivity index (χ4v) is 4.09. The van der Waals surface area contributed by atoms with Gasteiger partial charge in [-0.2, -0.15) is 13.2 Å². The summed E-state index contributed by atoms with van der Waals surface area (Å²) in [5, 5.41) is 3.37. The van der Waals surface area contributed by atoms with Crippen molar-refractivity contribution in [2.45, 2.75) is 37.0 Å². The normalized spacial score (nSPS) is 25.1. The largest absolute Gasteiger partial charge is 0.416 e. The Morgan fingerprint density at radius 1 is 1.21 bits per heavy atom. The molecule has 2 atom stereocenters. The van der Waals surface area contributed by atoms with E-state index in [-0.39, 0.29) is 17.5 Å². The van der Waals surface area contributed by atoms with Crippen molar-refractivity contribution in [2.24, 2.45) is 0 Å². The zero-order chi connectivity index (χ0) is 20.1. The smallest absolute Gasteiger partial charge is 0.344 e. The first kappa shape index (κ1) is 18.9. The van der Waals surface area contributed by atoms with E-state index in [2.05, 4.69) is 10.3 Å². The van der Waals surface area contributed by atoms with Gasteiger partial charge in [0.15, 0.2) is 0 Å². The van der Waals surface area contributed by atoms with E-state index in [9.17, 15) is 22.4 Å². The second-order valence-electron chi connectivity index (χ2n) is 7.46. The molecule has 2 saturated heterocycles. The Morgan fingerprint density at radius 2 is 1.93 bits per heavy atom. The molecule has 4 rings (SSSR count). The van der Waals surface area contributed by atoms with Crippen LogP contribution in [0.2, 0.25) is 0 Å². The summed E-state index contributed by atoms with van der Waals surface area (Å²) in [5.41, 5.74) is -0.260. The van der Waals surface area contributed by atoms with Gasteiger partial charge in [-0.15, -0.1) is 0 Å². The molecule has 2 aliphatic heterocycles. The number of halogens is 4. The van der Waals surface area contributed by atoms with Crippen molar-refractivity contribution >= 4 is 5.91 Å². The number of likely N-dealkylation sites (N-methyl/N-ethyl adjacent to an activating group) is 1. The van der Waals surface area contributed by atoms with E-state index < -0.39 is 23.1 Å². The molecule has 2 fully saturated rings. The highest BCUT2D eigenvalue weighted by molar-refractivity contribution is 5.88. The van der Waals surface area contributed by atoms with Crippen LogP contribution in [-0.4, -0.2) is 34.9 Å². The average Bonchev–Trinajstić information content (AvgIpc) is 3.22. The van der Waals surface area contributed by atoms with Gasteiger partial charge in [0.25, 0.3) is 0 Å². The molecule has 4 nitrogen and oxygen atoms in total. The summed E-state index contributed by atoms with van der Waals surface area (Å²) in [6.07, 6.45) is -1.28. The Kier molecular flexibility index (Phi) is 4.41. The van der Waals surface area contributed by atoms with E-state index in [1.807, 2.05) is 0 Å². The van der Waals surface area contributed by atoms with Gasteiger partial charge < -0.3 is 4.90 Å². The minimum absolute atomic E-state index is 0.0556. The molecule has 0 unspecified atom stereocenters. The first-order chi connectivity index (χ1) is 13.2. The standard InChI is InChI=1S/C20H19F4N3O/c1-27-9-8-19(18(27)28)7-6-16(26-19)17-10-14(15(21)11-25-17)12-2-4-13(5-3-12)20(22,23)24/h2-5,10-11,16,26H,6-9H2,1H3/t16-,19-/m0/s1. The third kappa shape index (κ3) is 3.15. The van der Waals surface area contributed by atoms with Gasteiger partial charge in [0.1, 0.15) is 11.4 Å². The van der Waals surface area contributed by atoms with Crippen LogP contribution in [0.3, 0.4) is 0 Å². The molecule has 8 heteroatoms. The minimum atomic E-state index is -4.44. The predicted octanol–water partition coefficient (Wildman–Crippen LogP) is 3.93. The Balaban J connectivity index is 1.61. The summed E-state index contributed by atoms with van der Waals surface area (Å²) < 4.78 is 52.6. The topological polar surface area (TPSA) is 45.2 Å². The van der Waals surface area contributed by atoms with Crippen molar-refractivity contribution in [2.75, 3.05) is 13.6 Å². The molecule has 3 heterocycles. The van der Waals surface area contributed by atoms with Crippen LogP contribution in [0.1, 0.15) is 36.6 Å². The molecule has 1 aromatic carbocycles. The first-order valence-electron chi connectivity index (χ1n) is 9.06. The van der Waals surface area contributed by atoms with Gasteiger partial charge in [-0.3, -0.25) is 15.1 Å². The minimum Gasteiger partial charge on any atom is -0.344 e. The van der Waals surface area contributed by atoms with E-state index in [1.165, 1.54) is 12.1 Å². The molecule has 0 aliphatic carbocycles. The summed E-state index contributed by atoms with van der Waals surface area (Å²) in [6, 6.07) is 5.73. The number of carbonyl (C=O) groups is 1. The van der Waals surface area contributed by atoms with Crippen LogP contribution in [0, 0.1) is 5.82 Å². The number of nitrogens with one attached hydrogen (secondary N) is 1. The maximum atomic E-state index is 14.3. The highest BCUT2D eigenvalue weighted by Gasteiger charge is 2.50. The molecular formula is C20H19F4N3O. The van der Waals surface area contributed by atoms with Crippen molar-refractivity contribution in [1.82, 2.24) is 15.2 Å². The van der Waals surface area contributed by atoms with Crippen molar-refractivity contribution in [1.29, 1.82) is 0 Å². The number of pyridine rings is 1. The number of hydrogen-bond acceptors (Lipinski definition) is 3. The molecular weight excluding hydrogens is 374 g/mol. The third-order valence-electron chi connectivity index (χ3n) is 5.70. The van der Waals surface area contributed by atoms with E-state index in [4.69, 9.17) is 0 Å². The fraction of sp³-hybridized carbons (Fsp3) is 0.400. The Morgan fingerprint density at radius 3 is 2.54 bits per heavy atom. The maximum Gasteiger partial charge on any atom is 0.416 e. The third-order valence-corrected chi connectivity index (χ3v) is 5.70. The SMILES string of the molecule is CN1CC[C@@]2(CC[C@@H](c3cc(-c4ccc(C(F)(F)F)cc4)c(F)cn3)N2)C1=O. The first-order valence-corrected chi connectivity index (χ1v) is 9.06. The van der Waals surface area contributed by atoms with Crippen LogP contribution in [-0.2, 0) is 11.0 Å². The van der Waals surface area contributed by atoms with Crippen LogP contribution in [0.15, 0.2) is 36.5 Å². The van der Waals surface area contributed by atoms with Gasteiger partial charge in [-0.05, 0) is 43.0 Å². The predicted molar refractivity (Wildman–Crippen MR) is 94.7 cm³/mol. The Bertz CT molecular complexity index is 913. The summed E-state index contributed by atoms with van der Waals surface area (Å²) in [6.45, 7) is 0.687. The average molecular weight is 393 g/mol. The number of aromatic nitrogens is 1. The van der Waals surface area contributed by atoms with Gasteiger partial charge in [0.05, 0.1) is 23.5 Å². The second kappa shape index (κ2) is 6.55. The summed E-state index contributed by atoms with van der Waals surface area (Å²) in [4.78, 5) is 18.3. The summed E-state index contributed by atoms with van der Waals surface area (Å²) in [5.74, 6) is -0.548. The van der Waals surface area contributed by atoms with E-state index in [1.54, 1.807) is 18.0 Å². The van der Waals surface area contributed by atoms with E-state index in [0.29, 0.717) is 37.1 Å². The van der Waals surface area contributed by atoms with Crippen LogP contribution in [0.5, 0.6) is 0 Å². The molecule has 1 aromatic heterocycles. The molecule has 1 amide bonds. The van der Waals surface area contributed by atoms with Crippen LogP contribution >= 0.6 is 0 Å². The quantitative estimate of drug-likeness (QED) is 0.787. The summed E-state index contributed by atoms with van der Waals surface area (Å²) >= 11 is 0. The number of benzene rings is 1. The molecule has 0 bridgehead atoms. The van der Waals surface area contributed by atoms with E-state index in [0.717, 1.165) is 18.3 Å². The second-order valence-corrected chi connectivity index (χ2v) is 7.46. The highest BCUT2D eigenvalue weighted by atomic mass is 19.4. The fourth-order valence-electron chi connectivity index (χ4n) is 4.09. The number of carbonyl (C=O) groups excluding carboxylic acids is 1. The number of likely N-dealkylation sites (tertiary alicyclic amines) is 1. The molecule has 1 N–H and O–H groups in total. The molecule has 0 saturated carbocycles. The van der Waals surface area contributed by atoms with Crippen LogP contribution in [0.4, 0.5) is 17.6 Å². The molecule has 148 valence electrons. The number of nitrogens with zero attached hydrogens (tertiary/aromatic N) is 2. The van der Waals surface area contributed by atoms with Gasteiger partial charge in [-0.25, -0.2) is 4.39 Å².